The quantitative estimate of drug-likeness (QED) is 0.315. The summed E-state index contributed by atoms with van der Waals surface area (Å²) in [5.41, 5.74) is 3.17. The predicted octanol–water partition coefficient (Wildman–Crippen LogP) is 4.16. The number of aromatic nitrogens is 4. The molecule has 5 rings (SSSR count). The van der Waals surface area contributed by atoms with E-state index in [0.717, 1.165) is 11.8 Å². The second kappa shape index (κ2) is 12.4. The van der Waals surface area contributed by atoms with Crippen molar-refractivity contribution >= 4 is 11.8 Å². The molecule has 12 heteroatoms. The Balaban J connectivity index is 1.43. The molecule has 2 N–H and O–H groups in total. The fourth-order valence-electron chi connectivity index (χ4n) is 5.09. The molecule has 4 aromatic rings. The molecular formula is C29H31F2N7O3. The number of hydrogen-bond acceptors (Lipinski definition) is 7. The third-order valence-electron chi connectivity index (χ3n) is 7.08. The van der Waals surface area contributed by atoms with Gasteiger partial charge in [0.05, 0.1) is 25.4 Å². The van der Waals surface area contributed by atoms with Crippen LogP contribution in [0, 0.1) is 18.6 Å². The monoisotopic (exact) mass is 563 g/mol. The standard InChI is InChI=1S/C29H31F2N7O3/c1-18-26(20-14-32-29(41-3)33-15-20)36-38(23-7-5-4-6-8-23)27(18)35-28(39)34-25-17-37(9-10-40-2)16-24(25)19-11-21(30)13-22(31)12-19/h4-8,11-15,24-25H,9-10,16-17H2,1-3H3,(H2,34,35,39)/t24-,25+/m0/s1. The number of hydrogen-bond donors (Lipinski definition) is 2. The summed E-state index contributed by atoms with van der Waals surface area (Å²) in [6, 6.07) is 12.2. The van der Waals surface area contributed by atoms with Crippen molar-refractivity contribution in [3.8, 4) is 23.0 Å². The van der Waals surface area contributed by atoms with Crippen LogP contribution in [0.15, 0.2) is 60.9 Å². The lowest BCUT2D eigenvalue weighted by atomic mass is 9.94. The van der Waals surface area contributed by atoms with E-state index in [1.165, 1.54) is 19.2 Å². The highest BCUT2D eigenvalue weighted by atomic mass is 19.1. The highest BCUT2D eigenvalue weighted by molar-refractivity contribution is 5.91. The molecule has 2 atom stereocenters. The molecule has 2 aromatic carbocycles. The second-order valence-corrected chi connectivity index (χ2v) is 9.79. The summed E-state index contributed by atoms with van der Waals surface area (Å²) in [7, 11) is 3.10. The van der Waals surface area contributed by atoms with E-state index >= 15 is 0 Å². The zero-order chi connectivity index (χ0) is 28.9. The van der Waals surface area contributed by atoms with Gasteiger partial charge < -0.3 is 14.8 Å². The van der Waals surface area contributed by atoms with Gasteiger partial charge in [0.1, 0.15) is 23.1 Å². The molecule has 1 aliphatic rings. The molecule has 41 heavy (non-hydrogen) atoms. The maximum atomic E-state index is 14.1. The number of likely N-dealkylation sites (tertiary alicyclic amines) is 1. The maximum absolute atomic E-state index is 14.1. The van der Waals surface area contributed by atoms with Crippen LogP contribution in [0.4, 0.5) is 19.4 Å². The van der Waals surface area contributed by atoms with Gasteiger partial charge in [0.15, 0.2) is 0 Å². The van der Waals surface area contributed by atoms with E-state index in [1.807, 2.05) is 37.3 Å². The normalized spacial score (nSPS) is 17.0. The number of urea groups is 1. The van der Waals surface area contributed by atoms with Crippen LogP contribution in [0.5, 0.6) is 6.01 Å². The van der Waals surface area contributed by atoms with Crippen molar-refractivity contribution < 1.29 is 23.0 Å². The Labute approximate surface area is 236 Å². The number of amides is 2. The van der Waals surface area contributed by atoms with Crippen LogP contribution in [-0.2, 0) is 4.74 Å². The van der Waals surface area contributed by atoms with Gasteiger partial charge in [-0.05, 0) is 36.8 Å². The van der Waals surface area contributed by atoms with Crippen LogP contribution in [0.3, 0.4) is 0 Å². The Morgan fingerprint density at radius 3 is 2.41 bits per heavy atom. The molecular weight excluding hydrogens is 532 g/mol. The van der Waals surface area contributed by atoms with Crippen molar-refractivity contribution in [3.63, 3.8) is 0 Å². The van der Waals surface area contributed by atoms with E-state index in [4.69, 9.17) is 14.6 Å². The number of anilines is 1. The number of rotatable bonds is 9. The summed E-state index contributed by atoms with van der Waals surface area (Å²) < 4.78 is 40.1. The van der Waals surface area contributed by atoms with Gasteiger partial charge in [0.25, 0.3) is 0 Å². The number of halogens is 2. The van der Waals surface area contributed by atoms with Crippen LogP contribution in [-0.4, -0.2) is 77.2 Å². The molecule has 0 radical (unpaired) electrons. The van der Waals surface area contributed by atoms with Gasteiger partial charge in [0.2, 0.25) is 0 Å². The number of carbonyl (C=O) groups excluding carboxylic acids is 1. The zero-order valence-electron chi connectivity index (χ0n) is 23.0. The van der Waals surface area contributed by atoms with Crippen molar-refractivity contribution in [1.29, 1.82) is 0 Å². The number of carbonyl (C=O) groups is 1. The smallest absolute Gasteiger partial charge is 0.320 e. The number of ether oxygens (including phenoxy) is 2. The third-order valence-corrected chi connectivity index (χ3v) is 7.08. The number of benzene rings is 2. The van der Waals surface area contributed by atoms with Crippen LogP contribution < -0.4 is 15.4 Å². The highest BCUT2D eigenvalue weighted by Gasteiger charge is 2.35. The van der Waals surface area contributed by atoms with Gasteiger partial charge in [-0.25, -0.2) is 28.2 Å². The minimum Gasteiger partial charge on any atom is -0.467 e. The maximum Gasteiger partial charge on any atom is 0.320 e. The first kappa shape index (κ1) is 28.1. The summed E-state index contributed by atoms with van der Waals surface area (Å²) in [6.07, 6.45) is 3.21. The van der Waals surface area contributed by atoms with Gasteiger partial charge in [0, 0.05) is 62.2 Å². The van der Waals surface area contributed by atoms with E-state index in [-0.39, 0.29) is 11.9 Å². The summed E-state index contributed by atoms with van der Waals surface area (Å²) in [5, 5.41) is 10.8. The van der Waals surface area contributed by atoms with Gasteiger partial charge >= 0.3 is 12.0 Å². The average molecular weight is 564 g/mol. The average Bonchev–Trinajstić information content (AvgIpc) is 3.52. The van der Waals surface area contributed by atoms with Crippen molar-refractivity contribution in [2.45, 2.75) is 18.9 Å². The second-order valence-electron chi connectivity index (χ2n) is 9.79. The lowest BCUT2D eigenvalue weighted by Crippen LogP contribution is -2.42. The van der Waals surface area contributed by atoms with E-state index in [0.29, 0.717) is 54.4 Å². The molecule has 3 heterocycles. The van der Waals surface area contributed by atoms with Crippen molar-refractivity contribution in [1.82, 2.24) is 30.0 Å². The van der Waals surface area contributed by atoms with Gasteiger partial charge in [-0.15, -0.1) is 0 Å². The molecule has 214 valence electrons. The largest absolute Gasteiger partial charge is 0.467 e. The van der Waals surface area contributed by atoms with Gasteiger partial charge in [-0.1, -0.05) is 18.2 Å². The van der Waals surface area contributed by atoms with Crippen LogP contribution in [0.2, 0.25) is 0 Å². The molecule has 10 nitrogen and oxygen atoms in total. The number of nitrogens with zero attached hydrogens (tertiary/aromatic N) is 5. The fraction of sp³-hybridized carbons (Fsp3) is 0.310. The predicted molar refractivity (Wildman–Crippen MR) is 149 cm³/mol. The fourth-order valence-corrected chi connectivity index (χ4v) is 5.09. The molecule has 1 aliphatic heterocycles. The molecule has 0 saturated carbocycles. The topological polar surface area (TPSA) is 106 Å². The number of nitrogens with one attached hydrogen (secondary N) is 2. The molecule has 0 unspecified atom stereocenters. The number of para-hydroxylation sites is 1. The van der Waals surface area contributed by atoms with Gasteiger partial charge in [-0.2, -0.15) is 5.10 Å². The minimum atomic E-state index is -0.657. The molecule has 1 fully saturated rings. The Hall–Kier alpha value is -4.42. The van der Waals surface area contributed by atoms with Crippen LogP contribution in [0.25, 0.3) is 16.9 Å². The summed E-state index contributed by atoms with van der Waals surface area (Å²) in [6.45, 7) is 3.97. The molecule has 2 amide bonds. The summed E-state index contributed by atoms with van der Waals surface area (Å²) in [5.74, 6) is -1.18. The Morgan fingerprint density at radius 2 is 1.76 bits per heavy atom. The minimum absolute atomic E-state index is 0.232. The first-order valence-electron chi connectivity index (χ1n) is 13.1. The summed E-state index contributed by atoms with van der Waals surface area (Å²) >= 11 is 0. The summed E-state index contributed by atoms with van der Waals surface area (Å²) in [4.78, 5) is 23.9. The molecule has 0 aliphatic carbocycles. The number of methoxy groups -OCH3 is 2. The lowest BCUT2D eigenvalue weighted by Gasteiger charge is -2.21. The first-order valence-corrected chi connectivity index (χ1v) is 13.1. The van der Waals surface area contributed by atoms with Crippen molar-refractivity contribution in [2.75, 3.05) is 45.8 Å². The zero-order valence-corrected chi connectivity index (χ0v) is 23.0. The van der Waals surface area contributed by atoms with Crippen LogP contribution >= 0.6 is 0 Å². The molecule has 0 spiro atoms. The Morgan fingerprint density at radius 1 is 1.05 bits per heavy atom. The van der Waals surface area contributed by atoms with Crippen molar-refractivity contribution in [2.24, 2.45) is 0 Å². The first-order chi connectivity index (χ1) is 19.9. The van der Waals surface area contributed by atoms with E-state index < -0.39 is 23.7 Å². The molecule has 1 saturated heterocycles. The van der Waals surface area contributed by atoms with Crippen LogP contribution in [0.1, 0.15) is 17.0 Å². The molecule has 0 bridgehead atoms. The Kier molecular flexibility index (Phi) is 8.50. The lowest BCUT2D eigenvalue weighted by molar-refractivity contribution is 0.159. The Bertz CT molecular complexity index is 1480. The SMILES string of the molecule is COCCN1C[C@@H](NC(=O)Nc2c(C)c(-c3cnc(OC)nc3)nn2-c2ccccc2)[C@H](c2cc(F)cc(F)c2)C1. The van der Waals surface area contributed by atoms with Gasteiger partial charge in [-0.3, -0.25) is 10.2 Å². The molecule has 2 aromatic heterocycles. The van der Waals surface area contributed by atoms with E-state index in [1.54, 1.807) is 24.2 Å². The third kappa shape index (κ3) is 6.34. The highest BCUT2D eigenvalue weighted by Crippen LogP contribution is 2.32. The van der Waals surface area contributed by atoms with E-state index in [2.05, 4.69) is 25.5 Å². The van der Waals surface area contributed by atoms with Crippen molar-refractivity contribution in [3.05, 3.63) is 83.7 Å². The van der Waals surface area contributed by atoms with E-state index in [9.17, 15) is 13.6 Å².